The first-order valence-corrected chi connectivity index (χ1v) is 9.00. The first kappa shape index (κ1) is 18.1. The van der Waals surface area contributed by atoms with Gasteiger partial charge >= 0.3 is 5.69 Å². The van der Waals surface area contributed by atoms with Crippen molar-refractivity contribution in [1.29, 1.82) is 0 Å². The lowest BCUT2D eigenvalue weighted by Crippen LogP contribution is -2.28. The molecule has 26 heavy (non-hydrogen) atoms. The third-order valence-corrected chi connectivity index (χ3v) is 4.55. The van der Waals surface area contributed by atoms with E-state index in [1.54, 1.807) is 24.3 Å². The van der Waals surface area contributed by atoms with Crippen molar-refractivity contribution in [3.63, 3.8) is 0 Å². The Morgan fingerprint density at radius 3 is 2.27 bits per heavy atom. The average molecular weight is 461 g/mol. The van der Waals surface area contributed by atoms with Crippen LogP contribution >= 0.6 is 22.6 Å². The van der Waals surface area contributed by atoms with Crippen LogP contribution in [0, 0.1) is 3.57 Å². The Balaban J connectivity index is 1.63. The maximum absolute atomic E-state index is 12.2. The van der Waals surface area contributed by atoms with Crippen LogP contribution < -0.4 is 16.6 Å². The molecular formula is C19H16IN3O3. The van der Waals surface area contributed by atoms with Crippen LogP contribution in [0.25, 0.3) is 0 Å². The summed E-state index contributed by atoms with van der Waals surface area (Å²) in [6, 6.07) is 16.3. The Morgan fingerprint density at radius 2 is 1.62 bits per heavy atom. The summed E-state index contributed by atoms with van der Waals surface area (Å²) in [6.45, 7) is 0.782. The Hall–Kier alpha value is -2.68. The van der Waals surface area contributed by atoms with E-state index >= 15 is 0 Å². The molecule has 7 heteroatoms. The number of benzene rings is 2. The molecule has 0 spiro atoms. The lowest BCUT2D eigenvalue weighted by Gasteiger charge is -2.08. The highest BCUT2D eigenvalue weighted by molar-refractivity contribution is 14.1. The van der Waals surface area contributed by atoms with Crippen LogP contribution in [0.2, 0.25) is 0 Å². The molecule has 0 saturated carbocycles. The van der Waals surface area contributed by atoms with Gasteiger partial charge in [-0.15, -0.1) is 0 Å². The van der Waals surface area contributed by atoms with Gasteiger partial charge in [-0.3, -0.25) is 19.1 Å². The Kier molecular flexibility index (Phi) is 5.67. The first-order valence-electron chi connectivity index (χ1n) is 7.92. The van der Waals surface area contributed by atoms with Gasteiger partial charge < -0.3 is 5.32 Å². The zero-order chi connectivity index (χ0) is 18.5. The van der Waals surface area contributed by atoms with Crippen molar-refractivity contribution in [2.75, 3.05) is 0 Å². The third-order valence-electron chi connectivity index (χ3n) is 3.83. The van der Waals surface area contributed by atoms with E-state index in [0.717, 1.165) is 14.7 Å². The van der Waals surface area contributed by atoms with E-state index in [9.17, 15) is 14.4 Å². The number of nitrogens with one attached hydrogen (secondary N) is 2. The SMILES string of the molecule is O=C(NCc1ccc(I)cc1)c1ccc(Cn2ccc(=O)[nH]c2=O)cc1. The van der Waals surface area contributed by atoms with Crippen molar-refractivity contribution < 1.29 is 4.79 Å². The van der Waals surface area contributed by atoms with Crippen molar-refractivity contribution in [2.24, 2.45) is 0 Å². The number of H-pyrrole nitrogens is 1. The molecule has 1 heterocycles. The zero-order valence-corrected chi connectivity index (χ0v) is 15.9. The molecule has 0 atom stereocenters. The summed E-state index contributed by atoms with van der Waals surface area (Å²) in [5.41, 5.74) is 1.55. The highest BCUT2D eigenvalue weighted by atomic mass is 127. The van der Waals surface area contributed by atoms with Crippen LogP contribution in [-0.2, 0) is 13.1 Å². The third kappa shape index (κ3) is 4.69. The van der Waals surface area contributed by atoms with E-state index in [2.05, 4.69) is 32.9 Å². The van der Waals surface area contributed by atoms with Crippen molar-refractivity contribution in [3.05, 3.63) is 102 Å². The predicted molar refractivity (Wildman–Crippen MR) is 107 cm³/mol. The molecular weight excluding hydrogens is 445 g/mol. The lowest BCUT2D eigenvalue weighted by molar-refractivity contribution is 0.0951. The van der Waals surface area contributed by atoms with Crippen LogP contribution in [0.15, 0.2) is 70.4 Å². The molecule has 3 rings (SSSR count). The molecule has 132 valence electrons. The maximum Gasteiger partial charge on any atom is 0.328 e. The fourth-order valence-electron chi connectivity index (χ4n) is 2.41. The summed E-state index contributed by atoms with van der Waals surface area (Å²) in [7, 11) is 0. The van der Waals surface area contributed by atoms with Gasteiger partial charge in [0.15, 0.2) is 0 Å². The number of hydrogen-bond donors (Lipinski definition) is 2. The monoisotopic (exact) mass is 461 g/mol. The van der Waals surface area contributed by atoms with Gasteiger partial charge in [0, 0.05) is 27.9 Å². The Labute approximate surface area is 163 Å². The number of halogens is 1. The number of aromatic nitrogens is 2. The van der Waals surface area contributed by atoms with E-state index in [0.29, 0.717) is 18.7 Å². The second-order valence-corrected chi connectivity index (χ2v) is 6.99. The number of carbonyl (C=O) groups is 1. The first-order chi connectivity index (χ1) is 12.5. The van der Waals surface area contributed by atoms with E-state index in [-0.39, 0.29) is 5.91 Å². The van der Waals surface area contributed by atoms with Gasteiger partial charge in [-0.25, -0.2) is 4.79 Å². The average Bonchev–Trinajstić information content (AvgIpc) is 2.64. The molecule has 3 aromatic rings. The van der Waals surface area contributed by atoms with Crippen LogP contribution in [0.4, 0.5) is 0 Å². The number of hydrogen-bond acceptors (Lipinski definition) is 3. The van der Waals surface area contributed by atoms with Gasteiger partial charge in [0.1, 0.15) is 0 Å². The van der Waals surface area contributed by atoms with E-state index < -0.39 is 11.2 Å². The molecule has 0 bridgehead atoms. The molecule has 0 aliphatic rings. The predicted octanol–water partition coefficient (Wildman–Crippen LogP) is 2.12. The van der Waals surface area contributed by atoms with Gasteiger partial charge in [0.25, 0.3) is 11.5 Å². The highest BCUT2D eigenvalue weighted by Gasteiger charge is 2.06. The number of aromatic amines is 1. The molecule has 0 unspecified atom stereocenters. The second kappa shape index (κ2) is 8.13. The molecule has 2 aromatic carbocycles. The van der Waals surface area contributed by atoms with E-state index in [1.165, 1.54) is 16.8 Å². The van der Waals surface area contributed by atoms with Gasteiger partial charge in [-0.05, 0) is 58.0 Å². The summed E-state index contributed by atoms with van der Waals surface area (Å²) in [4.78, 5) is 37.2. The van der Waals surface area contributed by atoms with Gasteiger partial charge in [0.05, 0.1) is 6.54 Å². The normalized spacial score (nSPS) is 10.5. The zero-order valence-electron chi connectivity index (χ0n) is 13.7. The molecule has 0 aliphatic heterocycles. The molecule has 0 saturated heterocycles. The largest absolute Gasteiger partial charge is 0.348 e. The fourth-order valence-corrected chi connectivity index (χ4v) is 2.77. The summed E-state index contributed by atoms with van der Waals surface area (Å²) in [6.07, 6.45) is 1.45. The molecule has 1 amide bonds. The maximum atomic E-state index is 12.2. The number of rotatable bonds is 5. The van der Waals surface area contributed by atoms with Gasteiger partial charge in [-0.2, -0.15) is 0 Å². The number of nitrogens with zero attached hydrogens (tertiary/aromatic N) is 1. The van der Waals surface area contributed by atoms with E-state index in [1.807, 2.05) is 24.3 Å². The van der Waals surface area contributed by atoms with Crippen molar-refractivity contribution in [1.82, 2.24) is 14.9 Å². The minimum atomic E-state index is -0.461. The quantitative estimate of drug-likeness (QED) is 0.572. The summed E-state index contributed by atoms with van der Waals surface area (Å²) < 4.78 is 2.54. The van der Waals surface area contributed by atoms with Gasteiger partial charge in [0.2, 0.25) is 0 Å². The summed E-state index contributed by atoms with van der Waals surface area (Å²) in [5.74, 6) is -0.156. The van der Waals surface area contributed by atoms with Crippen molar-refractivity contribution in [3.8, 4) is 0 Å². The van der Waals surface area contributed by atoms with Crippen molar-refractivity contribution in [2.45, 2.75) is 13.1 Å². The van der Waals surface area contributed by atoms with Crippen LogP contribution in [0.3, 0.4) is 0 Å². The number of carbonyl (C=O) groups excluding carboxylic acids is 1. The van der Waals surface area contributed by atoms with E-state index in [4.69, 9.17) is 0 Å². The Morgan fingerprint density at radius 1 is 0.962 bits per heavy atom. The molecule has 0 radical (unpaired) electrons. The van der Waals surface area contributed by atoms with Gasteiger partial charge in [-0.1, -0.05) is 24.3 Å². The molecule has 1 aromatic heterocycles. The standard InChI is InChI=1S/C19H16IN3O3/c20-16-7-3-13(4-8-16)11-21-18(25)15-5-1-14(2-6-15)12-23-10-9-17(24)22-19(23)26/h1-10H,11-12H2,(H,21,25)(H,22,24,26). The molecule has 6 nitrogen and oxygen atoms in total. The summed E-state index contributed by atoms with van der Waals surface area (Å²) in [5, 5.41) is 2.88. The fraction of sp³-hybridized carbons (Fsp3) is 0.105. The highest BCUT2D eigenvalue weighted by Crippen LogP contribution is 2.08. The van der Waals surface area contributed by atoms with Crippen LogP contribution in [0.1, 0.15) is 21.5 Å². The topological polar surface area (TPSA) is 84.0 Å². The number of amides is 1. The second-order valence-electron chi connectivity index (χ2n) is 5.74. The molecule has 0 fully saturated rings. The minimum Gasteiger partial charge on any atom is -0.348 e. The van der Waals surface area contributed by atoms with Crippen LogP contribution in [0.5, 0.6) is 0 Å². The lowest BCUT2D eigenvalue weighted by atomic mass is 10.1. The Bertz CT molecular complexity index is 1020. The molecule has 0 aliphatic carbocycles. The van der Waals surface area contributed by atoms with Crippen molar-refractivity contribution >= 4 is 28.5 Å². The minimum absolute atomic E-state index is 0.156. The molecule has 2 N–H and O–H groups in total. The summed E-state index contributed by atoms with van der Waals surface area (Å²) >= 11 is 2.24. The van der Waals surface area contributed by atoms with Crippen LogP contribution in [-0.4, -0.2) is 15.5 Å². The smallest absolute Gasteiger partial charge is 0.328 e.